The van der Waals surface area contributed by atoms with E-state index >= 15 is 0 Å². The number of amides is 1. The van der Waals surface area contributed by atoms with E-state index in [0.29, 0.717) is 11.3 Å². The fraction of sp³-hybridized carbons (Fsp3) is 0.143. The van der Waals surface area contributed by atoms with Crippen LogP contribution in [0.15, 0.2) is 53.2 Å². The van der Waals surface area contributed by atoms with Gasteiger partial charge in [-0.3, -0.25) is 9.59 Å². The third-order valence-electron chi connectivity index (χ3n) is 2.91. The van der Waals surface area contributed by atoms with Gasteiger partial charge in [0.15, 0.2) is 5.78 Å². The Hall–Kier alpha value is -1.72. The standard InChI is InChI=1S/C14H12BrNO3/c1-2-14(19)8-11(7-12(14)17)16-13(18)9-3-5-10(15)6-4-9/h2-7,19H,1,8H2,(H,16,18)/t14-/m0/s1. The second-order valence-corrected chi connectivity index (χ2v) is 5.22. The molecule has 4 nitrogen and oxygen atoms in total. The average molecular weight is 322 g/mol. The Balaban J connectivity index is 2.09. The van der Waals surface area contributed by atoms with Crippen LogP contribution in [-0.2, 0) is 4.79 Å². The molecule has 1 aliphatic carbocycles. The lowest BCUT2D eigenvalue weighted by atomic mass is 10.0. The highest BCUT2D eigenvalue weighted by Gasteiger charge is 2.38. The highest BCUT2D eigenvalue weighted by atomic mass is 79.9. The molecule has 0 fully saturated rings. The maximum atomic E-state index is 11.9. The fourth-order valence-electron chi connectivity index (χ4n) is 1.78. The van der Waals surface area contributed by atoms with E-state index in [2.05, 4.69) is 27.8 Å². The van der Waals surface area contributed by atoms with Gasteiger partial charge in [-0.2, -0.15) is 0 Å². The Labute approximate surface area is 119 Å². The van der Waals surface area contributed by atoms with Crippen molar-refractivity contribution in [1.29, 1.82) is 0 Å². The molecule has 1 aromatic carbocycles. The first-order valence-corrected chi connectivity index (χ1v) is 6.42. The Kier molecular flexibility index (Phi) is 3.68. The van der Waals surface area contributed by atoms with Crippen molar-refractivity contribution in [1.82, 2.24) is 5.32 Å². The number of hydrogen-bond acceptors (Lipinski definition) is 3. The molecule has 0 unspecified atom stereocenters. The summed E-state index contributed by atoms with van der Waals surface area (Å²) in [7, 11) is 0. The van der Waals surface area contributed by atoms with Crippen molar-refractivity contribution in [2.24, 2.45) is 0 Å². The summed E-state index contributed by atoms with van der Waals surface area (Å²) in [5.41, 5.74) is -0.728. The van der Waals surface area contributed by atoms with Gasteiger partial charge in [-0.25, -0.2) is 0 Å². The molecule has 0 radical (unpaired) electrons. The molecule has 0 bridgehead atoms. The van der Waals surface area contributed by atoms with Crippen molar-refractivity contribution in [3.8, 4) is 0 Å². The molecule has 1 aliphatic rings. The lowest BCUT2D eigenvalue weighted by molar-refractivity contribution is -0.126. The summed E-state index contributed by atoms with van der Waals surface area (Å²) in [4.78, 5) is 23.5. The molecular weight excluding hydrogens is 310 g/mol. The molecule has 0 spiro atoms. The molecule has 1 aromatic rings. The minimum atomic E-state index is -1.59. The Morgan fingerprint density at radius 2 is 2.05 bits per heavy atom. The molecular formula is C14H12BrNO3. The Bertz CT molecular complexity index is 577. The highest BCUT2D eigenvalue weighted by Crippen LogP contribution is 2.25. The third kappa shape index (κ3) is 2.83. The van der Waals surface area contributed by atoms with Gasteiger partial charge < -0.3 is 10.4 Å². The van der Waals surface area contributed by atoms with Crippen LogP contribution < -0.4 is 5.32 Å². The first-order chi connectivity index (χ1) is 8.94. The zero-order valence-electron chi connectivity index (χ0n) is 10.0. The van der Waals surface area contributed by atoms with Gasteiger partial charge in [0.05, 0.1) is 0 Å². The summed E-state index contributed by atoms with van der Waals surface area (Å²) in [5.74, 6) is -0.784. The maximum Gasteiger partial charge on any atom is 0.255 e. The third-order valence-corrected chi connectivity index (χ3v) is 3.44. The molecule has 1 atom stereocenters. The lowest BCUT2D eigenvalue weighted by Crippen LogP contribution is -2.32. The van der Waals surface area contributed by atoms with Gasteiger partial charge in [0, 0.05) is 28.2 Å². The quantitative estimate of drug-likeness (QED) is 0.836. The van der Waals surface area contributed by atoms with Crippen LogP contribution in [0.3, 0.4) is 0 Å². The summed E-state index contributed by atoms with van der Waals surface area (Å²) < 4.78 is 0.875. The minimum absolute atomic E-state index is 0.0393. The summed E-state index contributed by atoms with van der Waals surface area (Å²) >= 11 is 3.28. The molecule has 1 amide bonds. The van der Waals surface area contributed by atoms with Crippen molar-refractivity contribution < 1.29 is 14.7 Å². The van der Waals surface area contributed by atoms with E-state index in [1.807, 2.05) is 0 Å². The normalized spacial score (nSPS) is 22.0. The number of carbonyl (C=O) groups is 2. The van der Waals surface area contributed by atoms with Crippen LogP contribution in [0, 0.1) is 0 Å². The van der Waals surface area contributed by atoms with Gasteiger partial charge in [0.25, 0.3) is 5.91 Å². The van der Waals surface area contributed by atoms with Gasteiger partial charge in [0.1, 0.15) is 5.60 Å². The van der Waals surface area contributed by atoms with E-state index in [9.17, 15) is 14.7 Å². The van der Waals surface area contributed by atoms with Crippen molar-refractivity contribution in [2.75, 3.05) is 0 Å². The first-order valence-electron chi connectivity index (χ1n) is 5.62. The molecule has 0 saturated carbocycles. The first kappa shape index (κ1) is 13.7. The topological polar surface area (TPSA) is 66.4 Å². The van der Waals surface area contributed by atoms with Crippen molar-refractivity contribution in [2.45, 2.75) is 12.0 Å². The number of halogens is 1. The molecule has 2 N–H and O–H groups in total. The van der Waals surface area contributed by atoms with Crippen LogP contribution in [0.1, 0.15) is 16.8 Å². The van der Waals surface area contributed by atoms with E-state index in [1.54, 1.807) is 24.3 Å². The predicted octanol–water partition coefficient (Wildman–Crippen LogP) is 1.95. The minimum Gasteiger partial charge on any atom is -0.377 e. The van der Waals surface area contributed by atoms with E-state index < -0.39 is 11.4 Å². The molecule has 5 heteroatoms. The van der Waals surface area contributed by atoms with Gasteiger partial charge in [-0.05, 0) is 24.3 Å². The molecule has 0 aromatic heterocycles. The number of benzene rings is 1. The molecule has 0 heterocycles. The van der Waals surface area contributed by atoms with Crippen molar-refractivity contribution in [3.05, 3.63) is 58.7 Å². The van der Waals surface area contributed by atoms with Crippen LogP contribution in [0.25, 0.3) is 0 Å². The van der Waals surface area contributed by atoms with Crippen LogP contribution >= 0.6 is 15.9 Å². The Morgan fingerprint density at radius 1 is 1.42 bits per heavy atom. The van der Waals surface area contributed by atoms with Crippen LogP contribution in [-0.4, -0.2) is 22.4 Å². The molecule has 0 aliphatic heterocycles. The number of aliphatic hydroxyl groups is 1. The average Bonchev–Trinajstić information content (AvgIpc) is 2.66. The fourth-order valence-corrected chi connectivity index (χ4v) is 2.05. The van der Waals surface area contributed by atoms with E-state index in [1.165, 1.54) is 12.2 Å². The van der Waals surface area contributed by atoms with Gasteiger partial charge in [-0.1, -0.05) is 28.6 Å². The van der Waals surface area contributed by atoms with Crippen molar-refractivity contribution in [3.63, 3.8) is 0 Å². The van der Waals surface area contributed by atoms with Gasteiger partial charge >= 0.3 is 0 Å². The second kappa shape index (κ2) is 5.11. The molecule has 19 heavy (non-hydrogen) atoms. The summed E-state index contributed by atoms with van der Waals surface area (Å²) in [6.07, 6.45) is 2.46. The summed E-state index contributed by atoms with van der Waals surface area (Å²) in [6.45, 7) is 3.42. The number of rotatable bonds is 3. The van der Waals surface area contributed by atoms with E-state index in [0.717, 1.165) is 4.47 Å². The van der Waals surface area contributed by atoms with Crippen LogP contribution in [0.5, 0.6) is 0 Å². The highest BCUT2D eigenvalue weighted by molar-refractivity contribution is 9.10. The second-order valence-electron chi connectivity index (χ2n) is 4.30. The smallest absolute Gasteiger partial charge is 0.255 e. The van der Waals surface area contributed by atoms with E-state index in [4.69, 9.17) is 0 Å². The molecule has 0 saturated heterocycles. The molecule has 2 rings (SSSR count). The zero-order valence-corrected chi connectivity index (χ0v) is 11.6. The van der Waals surface area contributed by atoms with Crippen molar-refractivity contribution >= 4 is 27.6 Å². The molecule has 98 valence electrons. The summed E-state index contributed by atoms with van der Waals surface area (Å²) in [6, 6.07) is 6.83. The Morgan fingerprint density at radius 3 is 2.58 bits per heavy atom. The number of nitrogens with one attached hydrogen (secondary N) is 1. The van der Waals surface area contributed by atoms with Gasteiger partial charge in [0.2, 0.25) is 0 Å². The largest absolute Gasteiger partial charge is 0.377 e. The van der Waals surface area contributed by atoms with Crippen LogP contribution in [0.2, 0.25) is 0 Å². The zero-order chi connectivity index (χ0) is 14.0. The summed E-state index contributed by atoms with van der Waals surface area (Å²) in [5, 5.41) is 12.5. The number of hydrogen-bond donors (Lipinski definition) is 2. The number of ketones is 1. The maximum absolute atomic E-state index is 11.9. The SMILES string of the molecule is C=C[C@]1(O)CC(NC(=O)c2ccc(Br)cc2)=CC1=O. The number of carbonyl (C=O) groups excluding carboxylic acids is 2. The van der Waals surface area contributed by atoms with Crippen LogP contribution in [0.4, 0.5) is 0 Å². The van der Waals surface area contributed by atoms with Gasteiger partial charge in [-0.15, -0.1) is 0 Å². The lowest BCUT2D eigenvalue weighted by Gasteiger charge is -2.15. The predicted molar refractivity (Wildman–Crippen MR) is 74.5 cm³/mol. The monoisotopic (exact) mass is 321 g/mol. The van der Waals surface area contributed by atoms with E-state index in [-0.39, 0.29) is 12.3 Å².